The predicted octanol–water partition coefficient (Wildman–Crippen LogP) is 4.94. The van der Waals surface area contributed by atoms with Crippen molar-refractivity contribution in [2.45, 2.75) is 59.2 Å². The number of fused-ring (bicyclic) bond motifs is 1. The van der Waals surface area contributed by atoms with Crippen LogP contribution in [0.15, 0.2) is 41.2 Å². The number of halogens is 2. The molecule has 0 unspecified atom stereocenters. The Balaban J connectivity index is 1.53. The first-order chi connectivity index (χ1) is 18.6. The van der Waals surface area contributed by atoms with Crippen molar-refractivity contribution < 1.29 is 9.18 Å². The van der Waals surface area contributed by atoms with E-state index in [2.05, 4.69) is 29.0 Å². The summed E-state index contributed by atoms with van der Waals surface area (Å²) < 4.78 is 15.3. The third-order valence-electron chi connectivity index (χ3n) is 7.72. The molecule has 1 N–H and O–H groups in total. The minimum absolute atomic E-state index is 0.0732. The van der Waals surface area contributed by atoms with E-state index in [0.717, 1.165) is 31.2 Å². The summed E-state index contributed by atoms with van der Waals surface area (Å²) in [7, 11) is 0. The monoisotopic (exact) mass is 553 g/mol. The highest BCUT2D eigenvalue weighted by molar-refractivity contribution is 6.31. The highest BCUT2D eigenvalue weighted by Gasteiger charge is 2.33. The van der Waals surface area contributed by atoms with Crippen LogP contribution < -0.4 is 15.8 Å². The van der Waals surface area contributed by atoms with Gasteiger partial charge in [-0.3, -0.25) is 19.1 Å². The third kappa shape index (κ3) is 6.12. The van der Waals surface area contributed by atoms with Crippen LogP contribution in [0.25, 0.3) is 22.3 Å². The van der Waals surface area contributed by atoms with Crippen LogP contribution in [0.2, 0.25) is 5.02 Å². The van der Waals surface area contributed by atoms with E-state index in [1.807, 2.05) is 32.0 Å². The van der Waals surface area contributed by atoms with Crippen LogP contribution in [0.3, 0.4) is 0 Å². The molecule has 2 heterocycles. The molecule has 3 aromatic rings. The summed E-state index contributed by atoms with van der Waals surface area (Å²) in [5.74, 6) is 0.783. The first-order valence-corrected chi connectivity index (χ1v) is 14.3. The van der Waals surface area contributed by atoms with Gasteiger partial charge in [0.25, 0.3) is 5.56 Å². The van der Waals surface area contributed by atoms with Gasteiger partial charge >= 0.3 is 0 Å². The lowest BCUT2D eigenvalue weighted by molar-refractivity contribution is -0.122. The molecule has 2 fully saturated rings. The third-order valence-corrected chi connectivity index (χ3v) is 8.01. The number of rotatable bonds is 8. The van der Waals surface area contributed by atoms with Crippen LogP contribution in [-0.4, -0.2) is 58.6 Å². The number of amides is 1. The van der Waals surface area contributed by atoms with E-state index in [-0.39, 0.29) is 34.9 Å². The number of carbonyl (C=O) groups is 1. The summed E-state index contributed by atoms with van der Waals surface area (Å²) in [6.45, 7) is 12.1. The number of benzene rings is 2. The van der Waals surface area contributed by atoms with Crippen molar-refractivity contribution in [1.29, 1.82) is 0 Å². The van der Waals surface area contributed by atoms with Crippen molar-refractivity contribution >= 4 is 34.1 Å². The van der Waals surface area contributed by atoms with E-state index < -0.39 is 5.82 Å². The molecule has 1 atom stereocenters. The molecule has 2 aromatic carbocycles. The topological polar surface area (TPSA) is 70.5 Å². The van der Waals surface area contributed by atoms with Gasteiger partial charge in [-0.05, 0) is 74.9 Å². The molecule has 1 amide bonds. The molecule has 0 bridgehead atoms. The van der Waals surface area contributed by atoms with Gasteiger partial charge in [0.2, 0.25) is 5.91 Å². The summed E-state index contributed by atoms with van der Waals surface area (Å²) >= 11 is 6.05. The minimum atomic E-state index is -0.561. The number of aromatic nitrogens is 2. The zero-order chi connectivity index (χ0) is 27.8. The van der Waals surface area contributed by atoms with Gasteiger partial charge in [-0.25, -0.2) is 9.37 Å². The average molecular weight is 554 g/mol. The fraction of sp³-hybridized carbons (Fsp3) is 0.500. The molecule has 1 aromatic heterocycles. The highest BCUT2D eigenvalue weighted by atomic mass is 35.5. The Bertz CT molecular complexity index is 1430. The summed E-state index contributed by atoms with van der Waals surface area (Å²) in [6, 6.07) is 10.3. The molecule has 1 saturated carbocycles. The quantitative estimate of drug-likeness (QED) is 0.428. The first-order valence-electron chi connectivity index (χ1n) is 13.9. The Morgan fingerprint density at radius 2 is 1.90 bits per heavy atom. The zero-order valence-corrected chi connectivity index (χ0v) is 23.8. The van der Waals surface area contributed by atoms with E-state index in [0.29, 0.717) is 28.4 Å². The highest BCUT2D eigenvalue weighted by Crippen LogP contribution is 2.33. The molecule has 9 heteroatoms. The zero-order valence-electron chi connectivity index (χ0n) is 23.1. The maximum absolute atomic E-state index is 13.9. The molecule has 5 rings (SSSR count). The fourth-order valence-corrected chi connectivity index (χ4v) is 5.67. The van der Waals surface area contributed by atoms with Crippen molar-refractivity contribution in [2.75, 3.05) is 31.1 Å². The van der Waals surface area contributed by atoms with Crippen molar-refractivity contribution in [3.05, 3.63) is 57.6 Å². The lowest BCUT2D eigenvalue weighted by Crippen LogP contribution is -2.55. The number of hydrogen-bond acceptors (Lipinski definition) is 5. The standard InChI is InChI=1S/C30H37ClFN5O2/c1-18(2)27-16-35(11-12-36(27)15-20-5-6-20)22-8-10-26-23(14-22)30(39)37(17-28(38)33-19(3)4)29(34-26)21-7-9-25(32)24(31)13-21/h7-10,13-14,18-20,27H,5-6,11-12,15-17H2,1-4H3,(H,33,38)/t27-/m1/s1. The van der Waals surface area contributed by atoms with Gasteiger partial charge < -0.3 is 10.2 Å². The molecule has 1 saturated heterocycles. The van der Waals surface area contributed by atoms with Crippen LogP contribution in [0.4, 0.5) is 10.1 Å². The molecule has 39 heavy (non-hydrogen) atoms. The van der Waals surface area contributed by atoms with Crippen molar-refractivity contribution in [1.82, 2.24) is 19.8 Å². The lowest BCUT2D eigenvalue weighted by Gasteiger charge is -2.44. The SMILES string of the molecule is CC(C)NC(=O)Cn1c(-c2ccc(F)c(Cl)c2)nc2ccc(N3CCN(CC4CC4)[C@@H](C(C)C)C3)cc2c1=O. The number of nitrogens with zero attached hydrogens (tertiary/aromatic N) is 4. The lowest BCUT2D eigenvalue weighted by atomic mass is 9.98. The summed E-state index contributed by atoms with van der Waals surface area (Å²) in [4.78, 5) is 36.4. The first kappa shape index (κ1) is 27.6. The predicted molar refractivity (Wildman–Crippen MR) is 155 cm³/mol. The van der Waals surface area contributed by atoms with E-state index in [1.165, 1.54) is 42.2 Å². The van der Waals surface area contributed by atoms with Crippen molar-refractivity contribution in [2.24, 2.45) is 11.8 Å². The minimum Gasteiger partial charge on any atom is -0.369 e. The molecule has 1 aliphatic heterocycles. The Morgan fingerprint density at radius 1 is 1.13 bits per heavy atom. The number of carbonyl (C=O) groups excluding carboxylic acids is 1. The van der Waals surface area contributed by atoms with E-state index in [9.17, 15) is 14.0 Å². The second kappa shape index (κ2) is 11.3. The van der Waals surface area contributed by atoms with Gasteiger partial charge in [0.1, 0.15) is 18.2 Å². The van der Waals surface area contributed by atoms with Crippen molar-refractivity contribution in [3.63, 3.8) is 0 Å². The van der Waals surface area contributed by atoms with E-state index in [1.54, 1.807) is 0 Å². The Labute approximate surface area is 234 Å². The normalized spacial score (nSPS) is 18.4. The number of hydrogen-bond donors (Lipinski definition) is 1. The number of anilines is 1. The van der Waals surface area contributed by atoms with Crippen LogP contribution >= 0.6 is 11.6 Å². The average Bonchev–Trinajstić information content (AvgIpc) is 3.71. The second-order valence-electron chi connectivity index (χ2n) is 11.6. The molecule has 208 valence electrons. The van der Waals surface area contributed by atoms with Gasteiger partial charge in [0, 0.05) is 49.5 Å². The molecule has 0 spiro atoms. The smallest absolute Gasteiger partial charge is 0.262 e. The summed E-state index contributed by atoms with van der Waals surface area (Å²) in [6.07, 6.45) is 2.69. The van der Waals surface area contributed by atoms with Crippen LogP contribution in [0.1, 0.15) is 40.5 Å². The molecule has 2 aliphatic rings. The Morgan fingerprint density at radius 3 is 2.56 bits per heavy atom. The largest absolute Gasteiger partial charge is 0.369 e. The molecule has 0 radical (unpaired) electrons. The van der Waals surface area contributed by atoms with Crippen LogP contribution in [0.5, 0.6) is 0 Å². The van der Waals surface area contributed by atoms with Crippen molar-refractivity contribution in [3.8, 4) is 11.4 Å². The molecular weight excluding hydrogens is 517 g/mol. The van der Waals surface area contributed by atoms with Crippen LogP contribution in [0, 0.1) is 17.7 Å². The van der Waals surface area contributed by atoms with Gasteiger partial charge in [-0.2, -0.15) is 0 Å². The van der Waals surface area contributed by atoms with E-state index in [4.69, 9.17) is 16.6 Å². The Kier molecular flexibility index (Phi) is 7.96. The summed E-state index contributed by atoms with van der Waals surface area (Å²) in [5, 5.41) is 3.22. The maximum atomic E-state index is 13.9. The molecule has 1 aliphatic carbocycles. The maximum Gasteiger partial charge on any atom is 0.262 e. The summed E-state index contributed by atoms with van der Waals surface area (Å²) in [5.41, 5.74) is 1.65. The number of piperazine rings is 1. The second-order valence-corrected chi connectivity index (χ2v) is 12.0. The molecular formula is C30H37ClFN5O2. The van der Waals surface area contributed by atoms with Gasteiger partial charge in [-0.1, -0.05) is 25.4 Å². The van der Waals surface area contributed by atoms with Gasteiger partial charge in [0.15, 0.2) is 0 Å². The van der Waals surface area contributed by atoms with Gasteiger partial charge in [-0.15, -0.1) is 0 Å². The fourth-order valence-electron chi connectivity index (χ4n) is 5.49. The van der Waals surface area contributed by atoms with Gasteiger partial charge in [0.05, 0.1) is 15.9 Å². The Hall–Kier alpha value is -2.97. The molecule has 7 nitrogen and oxygen atoms in total. The van der Waals surface area contributed by atoms with E-state index >= 15 is 0 Å². The van der Waals surface area contributed by atoms with Crippen LogP contribution in [-0.2, 0) is 11.3 Å². The number of nitrogens with one attached hydrogen (secondary N) is 1.